The van der Waals surface area contributed by atoms with Crippen LogP contribution in [0.3, 0.4) is 0 Å². The van der Waals surface area contributed by atoms with Crippen LogP contribution in [0.1, 0.15) is 19.4 Å². The number of guanidine groups is 1. The van der Waals surface area contributed by atoms with Gasteiger partial charge >= 0.3 is 6.18 Å². The van der Waals surface area contributed by atoms with Crippen LogP contribution >= 0.6 is 0 Å². The number of nitrogens with zero attached hydrogens (tertiary/aromatic N) is 1. The van der Waals surface area contributed by atoms with Gasteiger partial charge in [-0.1, -0.05) is 12.1 Å². The molecule has 0 aliphatic rings. The van der Waals surface area contributed by atoms with E-state index in [1.54, 1.807) is 19.1 Å². The Morgan fingerprint density at radius 2 is 1.78 bits per heavy atom. The fourth-order valence-corrected chi connectivity index (χ4v) is 2.48. The Bertz CT molecular complexity index is 692. The molecule has 1 rings (SSSR count). The second-order valence-corrected chi connectivity index (χ2v) is 7.56. The van der Waals surface area contributed by atoms with Gasteiger partial charge in [0.2, 0.25) is 10.0 Å². The van der Waals surface area contributed by atoms with E-state index in [-0.39, 0.29) is 18.0 Å². The van der Waals surface area contributed by atoms with Crippen LogP contribution in [0.4, 0.5) is 13.2 Å². The maximum absolute atomic E-state index is 12.1. The van der Waals surface area contributed by atoms with Gasteiger partial charge in [0.25, 0.3) is 0 Å². The minimum atomic E-state index is -4.37. The van der Waals surface area contributed by atoms with Crippen LogP contribution in [0.15, 0.2) is 29.3 Å². The summed E-state index contributed by atoms with van der Waals surface area (Å²) in [4.78, 5) is 4.35. The van der Waals surface area contributed by atoms with Crippen LogP contribution in [0.2, 0.25) is 0 Å². The molecule has 0 radical (unpaired) electrons. The first-order chi connectivity index (χ1) is 12.6. The number of nitrogens with one attached hydrogen (secondary N) is 3. The molecular weight excluding hydrogens is 385 g/mol. The molecule has 0 fully saturated rings. The maximum Gasteiger partial charge on any atom is 0.422 e. The zero-order valence-electron chi connectivity index (χ0n) is 15.3. The van der Waals surface area contributed by atoms with Crippen LogP contribution in [0.25, 0.3) is 0 Å². The molecule has 1 aromatic rings. The van der Waals surface area contributed by atoms with Crippen molar-refractivity contribution < 1.29 is 26.3 Å². The largest absolute Gasteiger partial charge is 0.484 e. The Hall–Kier alpha value is -2.01. The topological polar surface area (TPSA) is 91.8 Å². The quantitative estimate of drug-likeness (QED) is 0.310. The number of rotatable bonds is 10. The molecule has 11 heteroatoms. The van der Waals surface area contributed by atoms with Gasteiger partial charge in [0.05, 0.1) is 12.3 Å². The molecule has 0 saturated heterocycles. The van der Waals surface area contributed by atoms with Gasteiger partial charge in [0.1, 0.15) is 5.75 Å². The number of ether oxygens (including phenoxy) is 1. The Balaban J connectivity index is 2.52. The van der Waals surface area contributed by atoms with E-state index in [1.165, 1.54) is 12.1 Å². The molecule has 154 valence electrons. The zero-order chi connectivity index (χ0) is 20.3. The minimum Gasteiger partial charge on any atom is -0.484 e. The number of halogens is 3. The highest BCUT2D eigenvalue weighted by Gasteiger charge is 2.28. The lowest BCUT2D eigenvalue weighted by atomic mass is 10.2. The van der Waals surface area contributed by atoms with E-state index in [0.717, 1.165) is 5.56 Å². The number of alkyl halides is 3. The molecule has 0 aliphatic carbocycles. The average Bonchev–Trinajstić information content (AvgIpc) is 2.61. The summed E-state index contributed by atoms with van der Waals surface area (Å²) in [6.07, 6.45) is -4.37. The van der Waals surface area contributed by atoms with Gasteiger partial charge < -0.3 is 15.4 Å². The molecule has 0 bridgehead atoms. The Morgan fingerprint density at radius 3 is 2.33 bits per heavy atom. The first kappa shape index (κ1) is 23.0. The van der Waals surface area contributed by atoms with Gasteiger partial charge in [-0.05, 0) is 31.5 Å². The summed E-state index contributed by atoms with van der Waals surface area (Å²) in [6.45, 7) is 3.62. The molecule has 0 heterocycles. The second-order valence-electron chi connectivity index (χ2n) is 5.47. The molecule has 7 nitrogen and oxygen atoms in total. The number of hydrogen-bond donors (Lipinski definition) is 3. The smallest absolute Gasteiger partial charge is 0.422 e. The third-order valence-corrected chi connectivity index (χ3v) is 4.61. The summed E-state index contributed by atoms with van der Waals surface area (Å²) in [7, 11) is -3.24. The first-order valence-electron chi connectivity index (χ1n) is 8.43. The zero-order valence-corrected chi connectivity index (χ0v) is 16.1. The van der Waals surface area contributed by atoms with Gasteiger partial charge in [0, 0.05) is 19.6 Å². The third-order valence-electron chi connectivity index (χ3n) is 3.21. The number of benzene rings is 1. The van der Waals surface area contributed by atoms with Crippen LogP contribution < -0.4 is 20.1 Å². The van der Waals surface area contributed by atoms with Crippen molar-refractivity contribution in [3.8, 4) is 5.75 Å². The standard InChI is InChI=1S/C16H25F3N4O3S/c1-3-20-15(21-9-10-23-27(24,25)4-2)22-11-13-5-7-14(8-6-13)26-12-16(17,18)19/h5-8,23H,3-4,9-12H2,1-2H3,(H2,20,21,22). The molecule has 3 N–H and O–H groups in total. The fourth-order valence-electron chi connectivity index (χ4n) is 1.86. The van der Waals surface area contributed by atoms with Crippen LogP contribution in [0, 0.1) is 0 Å². The molecule has 0 aromatic heterocycles. The lowest BCUT2D eigenvalue weighted by molar-refractivity contribution is -0.153. The van der Waals surface area contributed by atoms with Gasteiger partial charge in [-0.15, -0.1) is 0 Å². The molecule has 0 aliphatic heterocycles. The van der Waals surface area contributed by atoms with E-state index in [9.17, 15) is 21.6 Å². The SMILES string of the molecule is CCNC(=NCc1ccc(OCC(F)(F)F)cc1)NCCNS(=O)(=O)CC. The predicted molar refractivity (Wildman–Crippen MR) is 98.3 cm³/mol. The molecule has 0 atom stereocenters. The summed E-state index contributed by atoms with van der Waals surface area (Å²) < 4.78 is 66.2. The van der Waals surface area contributed by atoms with Gasteiger partial charge in [-0.2, -0.15) is 13.2 Å². The monoisotopic (exact) mass is 410 g/mol. The van der Waals surface area contributed by atoms with Crippen LogP contribution in [-0.2, 0) is 16.6 Å². The normalized spacial score (nSPS) is 12.7. The van der Waals surface area contributed by atoms with Gasteiger partial charge in [-0.25, -0.2) is 18.1 Å². The van der Waals surface area contributed by atoms with Crippen molar-refractivity contribution in [2.24, 2.45) is 4.99 Å². The van der Waals surface area contributed by atoms with Crippen molar-refractivity contribution in [3.63, 3.8) is 0 Å². The third kappa shape index (κ3) is 10.7. The lowest BCUT2D eigenvalue weighted by Crippen LogP contribution is -2.41. The summed E-state index contributed by atoms with van der Waals surface area (Å²) in [5.41, 5.74) is 0.790. The van der Waals surface area contributed by atoms with Crippen molar-refractivity contribution in [1.29, 1.82) is 0 Å². The van der Waals surface area contributed by atoms with E-state index < -0.39 is 22.8 Å². The van der Waals surface area contributed by atoms with E-state index in [1.807, 2.05) is 6.92 Å². The van der Waals surface area contributed by atoms with E-state index in [0.29, 0.717) is 25.6 Å². The van der Waals surface area contributed by atoms with Gasteiger partial charge in [-0.3, -0.25) is 0 Å². The molecular formula is C16H25F3N4O3S. The summed E-state index contributed by atoms with van der Waals surface area (Å²) in [6, 6.07) is 6.18. The Kier molecular flexibility index (Phi) is 9.36. The lowest BCUT2D eigenvalue weighted by Gasteiger charge is -2.12. The fraction of sp³-hybridized carbons (Fsp3) is 0.562. The van der Waals surface area contributed by atoms with Crippen molar-refractivity contribution in [3.05, 3.63) is 29.8 Å². The second kappa shape index (κ2) is 11.0. The van der Waals surface area contributed by atoms with Crippen molar-refractivity contribution in [2.75, 3.05) is 32.0 Å². The predicted octanol–water partition coefficient (Wildman–Crippen LogP) is 1.62. The maximum atomic E-state index is 12.1. The average molecular weight is 410 g/mol. The van der Waals surface area contributed by atoms with Crippen LogP contribution in [-0.4, -0.2) is 52.5 Å². The molecule has 1 aromatic carbocycles. The summed E-state index contributed by atoms with van der Waals surface area (Å²) in [5.74, 6) is 0.656. The first-order valence-corrected chi connectivity index (χ1v) is 10.1. The molecule has 27 heavy (non-hydrogen) atoms. The highest BCUT2D eigenvalue weighted by molar-refractivity contribution is 7.89. The summed E-state index contributed by atoms with van der Waals surface area (Å²) >= 11 is 0. The van der Waals surface area contributed by atoms with E-state index in [4.69, 9.17) is 0 Å². The minimum absolute atomic E-state index is 0.0177. The van der Waals surface area contributed by atoms with E-state index >= 15 is 0 Å². The van der Waals surface area contributed by atoms with Crippen molar-refractivity contribution >= 4 is 16.0 Å². The van der Waals surface area contributed by atoms with Crippen molar-refractivity contribution in [1.82, 2.24) is 15.4 Å². The number of aliphatic imine (C=N–C) groups is 1. The molecule has 0 saturated carbocycles. The molecule has 0 spiro atoms. The Morgan fingerprint density at radius 1 is 1.11 bits per heavy atom. The Labute approximate surface area is 157 Å². The highest BCUT2D eigenvalue weighted by Crippen LogP contribution is 2.19. The molecule has 0 amide bonds. The molecule has 0 unspecified atom stereocenters. The summed E-state index contributed by atoms with van der Waals surface area (Å²) in [5, 5.41) is 6.02. The van der Waals surface area contributed by atoms with E-state index in [2.05, 4.69) is 25.1 Å². The number of sulfonamides is 1. The van der Waals surface area contributed by atoms with Crippen molar-refractivity contribution in [2.45, 2.75) is 26.6 Å². The van der Waals surface area contributed by atoms with Crippen LogP contribution in [0.5, 0.6) is 5.75 Å². The highest BCUT2D eigenvalue weighted by atomic mass is 32.2. The number of hydrogen-bond acceptors (Lipinski definition) is 4. The van der Waals surface area contributed by atoms with Gasteiger partial charge in [0.15, 0.2) is 12.6 Å².